The fourth-order valence-electron chi connectivity index (χ4n) is 3.95. The number of H-pyrrole nitrogens is 1. The Hall–Kier alpha value is -3.58. The predicted octanol–water partition coefficient (Wildman–Crippen LogP) is 4.39. The molecular formula is C27H30N4O2S. The van der Waals surface area contributed by atoms with Gasteiger partial charge in [-0.2, -0.15) is 0 Å². The highest BCUT2D eigenvalue weighted by Gasteiger charge is 2.23. The van der Waals surface area contributed by atoms with Gasteiger partial charge >= 0.3 is 0 Å². The van der Waals surface area contributed by atoms with Crippen LogP contribution in [0.5, 0.6) is 0 Å². The van der Waals surface area contributed by atoms with E-state index in [0.717, 1.165) is 29.3 Å². The lowest BCUT2D eigenvalue weighted by atomic mass is 10.0. The van der Waals surface area contributed by atoms with E-state index in [4.69, 9.17) is 0 Å². The lowest BCUT2D eigenvalue weighted by Gasteiger charge is -2.18. The highest BCUT2D eigenvalue weighted by atomic mass is 32.1. The number of thiophene rings is 1. The predicted molar refractivity (Wildman–Crippen MR) is 140 cm³/mol. The summed E-state index contributed by atoms with van der Waals surface area (Å²) in [5.41, 5.74) is 4.42. The van der Waals surface area contributed by atoms with Crippen molar-refractivity contribution in [2.45, 2.75) is 25.3 Å². The zero-order valence-corrected chi connectivity index (χ0v) is 20.3. The van der Waals surface area contributed by atoms with E-state index in [2.05, 4.69) is 44.8 Å². The topological polar surface area (TPSA) is 77.2 Å². The number of benzene rings is 2. The van der Waals surface area contributed by atoms with Crippen LogP contribution in [0.1, 0.15) is 27.2 Å². The standard InChI is InChI=1S/C27H30N4O2S/c1-31(2)21-13-11-19(12-14-21)7-5-15-28-26(32)24(30-27(33)25-10-6-16-34-25)17-20-18-29-23-9-4-3-8-22(20)23/h3-4,6,8-14,16,18,24,29H,5,7,15,17H2,1-2H3,(H,28,32)(H,30,33). The maximum absolute atomic E-state index is 13.1. The number of anilines is 1. The second-order valence-corrected chi connectivity index (χ2v) is 9.47. The van der Waals surface area contributed by atoms with Crippen LogP contribution in [0.3, 0.4) is 0 Å². The first-order chi connectivity index (χ1) is 16.5. The number of aromatic amines is 1. The van der Waals surface area contributed by atoms with Gasteiger partial charge in [0.05, 0.1) is 4.88 Å². The molecule has 0 aliphatic heterocycles. The van der Waals surface area contributed by atoms with Gasteiger partial charge in [0.2, 0.25) is 5.91 Å². The third kappa shape index (κ3) is 5.85. The average Bonchev–Trinajstić information content (AvgIpc) is 3.52. The maximum atomic E-state index is 13.1. The van der Waals surface area contributed by atoms with Crippen molar-refractivity contribution in [1.29, 1.82) is 0 Å². The number of amides is 2. The van der Waals surface area contributed by atoms with Crippen LogP contribution in [-0.2, 0) is 17.6 Å². The van der Waals surface area contributed by atoms with Gasteiger partial charge in [-0.3, -0.25) is 9.59 Å². The smallest absolute Gasteiger partial charge is 0.262 e. The van der Waals surface area contributed by atoms with Gasteiger partial charge in [0.15, 0.2) is 0 Å². The molecule has 0 saturated carbocycles. The summed E-state index contributed by atoms with van der Waals surface area (Å²) < 4.78 is 0. The molecule has 1 unspecified atom stereocenters. The molecule has 0 aliphatic rings. The van der Waals surface area contributed by atoms with Crippen LogP contribution < -0.4 is 15.5 Å². The normalized spacial score (nSPS) is 11.8. The molecule has 0 bridgehead atoms. The van der Waals surface area contributed by atoms with Crippen LogP contribution in [0.25, 0.3) is 10.9 Å². The molecule has 1 atom stereocenters. The molecule has 176 valence electrons. The zero-order valence-electron chi connectivity index (χ0n) is 19.5. The molecular weight excluding hydrogens is 444 g/mol. The zero-order chi connectivity index (χ0) is 23.9. The minimum Gasteiger partial charge on any atom is -0.378 e. The fraction of sp³-hybridized carbons (Fsp3) is 0.259. The van der Waals surface area contributed by atoms with Gasteiger partial charge in [0.25, 0.3) is 5.91 Å². The summed E-state index contributed by atoms with van der Waals surface area (Å²) >= 11 is 1.36. The Morgan fingerprint density at radius 3 is 2.56 bits per heavy atom. The molecule has 2 aromatic heterocycles. The Labute approximate surface area is 204 Å². The highest BCUT2D eigenvalue weighted by Crippen LogP contribution is 2.20. The number of para-hydroxylation sites is 1. The summed E-state index contributed by atoms with van der Waals surface area (Å²) in [5, 5.41) is 8.88. The summed E-state index contributed by atoms with van der Waals surface area (Å²) in [7, 11) is 4.04. The number of hydrogen-bond donors (Lipinski definition) is 3. The molecule has 4 rings (SSSR count). The van der Waals surface area contributed by atoms with Crippen molar-refractivity contribution in [3.8, 4) is 0 Å². The van der Waals surface area contributed by atoms with Gasteiger partial charge < -0.3 is 20.5 Å². The van der Waals surface area contributed by atoms with Gasteiger partial charge in [-0.1, -0.05) is 36.4 Å². The Morgan fingerprint density at radius 2 is 1.82 bits per heavy atom. The first-order valence-electron chi connectivity index (χ1n) is 11.4. The number of fused-ring (bicyclic) bond motifs is 1. The van der Waals surface area contributed by atoms with Crippen LogP contribution in [0.4, 0.5) is 5.69 Å². The van der Waals surface area contributed by atoms with Crippen molar-refractivity contribution >= 4 is 39.7 Å². The Morgan fingerprint density at radius 1 is 1.03 bits per heavy atom. The largest absolute Gasteiger partial charge is 0.378 e. The molecule has 2 heterocycles. The number of hydrogen-bond acceptors (Lipinski definition) is 4. The quantitative estimate of drug-likeness (QED) is 0.299. The Kier molecular flexibility index (Phi) is 7.65. The minimum absolute atomic E-state index is 0.168. The lowest BCUT2D eigenvalue weighted by Crippen LogP contribution is -2.48. The molecule has 7 heteroatoms. The summed E-state index contributed by atoms with van der Waals surface area (Å²) in [4.78, 5) is 31.7. The second-order valence-electron chi connectivity index (χ2n) is 8.52. The number of rotatable bonds is 10. The molecule has 2 amide bonds. The van der Waals surface area contributed by atoms with E-state index in [1.54, 1.807) is 6.07 Å². The summed E-state index contributed by atoms with van der Waals surface area (Å²) in [6.45, 7) is 0.549. The van der Waals surface area contributed by atoms with Gasteiger partial charge in [-0.25, -0.2) is 0 Å². The second kappa shape index (κ2) is 11.0. The van der Waals surface area contributed by atoms with E-state index < -0.39 is 6.04 Å². The van der Waals surface area contributed by atoms with Crippen molar-refractivity contribution in [3.63, 3.8) is 0 Å². The van der Waals surface area contributed by atoms with E-state index in [1.165, 1.54) is 22.6 Å². The molecule has 0 fully saturated rings. The van der Waals surface area contributed by atoms with Crippen LogP contribution in [0.15, 0.2) is 72.2 Å². The fourth-order valence-corrected chi connectivity index (χ4v) is 4.58. The Balaban J connectivity index is 1.38. The highest BCUT2D eigenvalue weighted by molar-refractivity contribution is 7.12. The minimum atomic E-state index is -0.659. The number of aromatic nitrogens is 1. The summed E-state index contributed by atoms with van der Waals surface area (Å²) in [5.74, 6) is -0.394. The van der Waals surface area contributed by atoms with Crippen molar-refractivity contribution in [2.75, 3.05) is 25.5 Å². The molecule has 34 heavy (non-hydrogen) atoms. The number of carbonyl (C=O) groups excluding carboxylic acids is 2. The van der Waals surface area contributed by atoms with Gasteiger partial charge in [-0.15, -0.1) is 11.3 Å². The van der Waals surface area contributed by atoms with Crippen LogP contribution in [0, 0.1) is 0 Å². The van der Waals surface area contributed by atoms with Crippen molar-refractivity contribution < 1.29 is 9.59 Å². The average molecular weight is 475 g/mol. The van der Waals surface area contributed by atoms with E-state index in [-0.39, 0.29) is 11.8 Å². The van der Waals surface area contributed by atoms with Gasteiger partial charge in [0.1, 0.15) is 6.04 Å². The van der Waals surface area contributed by atoms with E-state index >= 15 is 0 Å². The molecule has 0 aliphatic carbocycles. The van der Waals surface area contributed by atoms with Crippen LogP contribution in [-0.4, -0.2) is 43.5 Å². The number of carbonyl (C=O) groups is 2. The first kappa shape index (κ1) is 23.6. The number of nitrogens with zero attached hydrogens (tertiary/aromatic N) is 1. The maximum Gasteiger partial charge on any atom is 0.262 e. The van der Waals surface area contributed by atoms with E-state index in [9.17, 15) is 9.59 Å². The molecule has 2 aromatic carbocycles. The SMILES string of the molecule is CN(C)c1ccc(CCCNC(=O)C(Cc2c[nH]c3ccccc23)NC(=O)c2cccs2)cc1. The summed E-state index contributed by atoms with van der Waals surface area (Å²) in [6.07, 6.45) is 4.03. The van der Waals surface area contributed by atoms with E-state index in [0.29, 0.717) is 17.8 Å². The molecule has 0 radical (unpaired) electrons. The molecule has 6 nitrogen and oxygen atoms in total. The molecule has 0 saturated heterocycles. The van der Waals surface area contributed by atoms with Crippen LogP contribution >= 0.6 is 11.3 Å². The lowest BCUT2D eigenvalue weighted by molar-refractivity contribution is -0.122. The number of nitrogens with one attached hydrogen (secondary N) is 3. The molecule has 4 aromatic rings. The van der Waals surface area contributed by atoms with Crippen molar-refractivity contribution in [1.82, 2.24) is 15.6 Å². The van der Waals surface area contributed by atoms with Crippen molar-refractivity contribution in [3.05, 3.63) is 88.2 Å². The monoisotopic (exact) mass is 474 g/mol. The molecule has 3 N–H and O–H groups in total. The third-order valence-electron chi connectivity index (χ3n) is 5.86. The Bertz CT molecular complexity index is 1230. The van der Waals surface area contributed by atoms with Crippen LogP contribution in [0.2, 0.25) is 0 Å². The third-order valence-corrected chi connectivity index (χ3v) is 6.73. The first-order valence-corrected chi connectivity index (χ1v) is 12.3. The van der Waals surface area contributed by atoms with E-state index in [1.807, 2.05) is 56.0 Å². The number of aryl methyl sites for hydroxylation is 1. The molecule has 0 spiro atoms. The summed E-state index contributed by atoms with van der Waals surface area (Å²) in [6, 6.07) is 19.4. The van der Waals surface area contributed by atoms with Gasteiger partial charge in [0, 0.05) is 49.8 Å². The van der Waals surface area contributed by atoms with Crippen molar-refractivity contribution in [2.24, 2.45) is 0 Å². The van der Waals surface area contributed by atoms with Gasteiger partial charge in [-0.05, 0) is 53.6 Å².